The van der Waals surface area contributed by atoms with Crippen molar-refractivity contribution in [3.05, 3.63) is 29.3 Å². The number of nitrogens with zero attached hydrogens (tertiary/aromatic N) is 1. The third kappa shape index (κ3) is 4.97. The molecule has 1 aliphatic rings. The van der Waals surface area contributed by atoms with Crippen LogP contribution in [0.5, 0.6) is 0 Å². The molecule has 22 heavy (non-hydrogen) atoms. The first kappa shape index (κ1) is 18.9. The van der Waals surface area contributed by atoms with E-state index in [-0.39, 0.29) is 24.4 Å². The zero-order valence-electron chi connectivity index (χ0n) is 13.8. The number of benzene rings is 1. The second-order valence-corrected chi connectivity index (χ2v) is 6.26. The summed E-state index contributed by atoms with van der Waals surface area (Å²) in [6.07, 6.45) is 3.45. The molecular weight excluding hydrogens is 298 g/mol. The maximum atomic E-state index is 12.3. The number of nitrogens with two attached hydrogens (primary N) is 1. The molecule has 0 spiro atoms. The van der Waals surface area contributed by atoms with Crippen LogP contribution in [0, 0.1) is 13.8 Å². The number of carbonyl (C=O) groups is 1. The van der Waals surface area contributed by atoms with Crippen molar-refractivity contribution in [3.63, 3.8) is 0 Å². The first-order valence-corrected chi connectivity index (χ1v) is 7.84. The van der Waals surface area contributed by atoms with Gasteiger partial charge in [0.25, 0.3) is 0 Å². The van der Waals surface area contributed by atoms with Crippen molar-refractivity contribution >= 4 is 24.0 Å². The number of aryl methyl sites for hydroxylation is 2. The molecule has 4 nitrogen and oxygen atoms in total. The lowest BCUT2D eigenvalue weighted by molar-refractivity contribution is -0.118. The smallest absolute Gasteiger partial charge is 0.238 e. The summed E-state index contributed by atoms with van der Waals surface area (Å²) in [7, 11) is 0. The predicted octanol–water partition coefficient (Wildman–Crippen LogP) is 2.87. The number of hydrogen-bond acceptors (Lipinski definition) is 3. The topological polar surface area (TPSA) is 58.4 Å². The van der Waals surface area contributed by atoms with E-state index in [1.165, 1.54) is 12.0 Å². The maximum Gasteiger partial charge on any atom is 0.238 e. The molecule has 2 rings (SSSR count). The summed E-state index contributed by atoms with van der Waals surface area (Å²) in [6.45, 7) is 7.50. The van der Waals surface area contributed by atoms with Crippen LogP contribution in [-0.2, 0) is 4.79 Å². The molecule has 0 aliphatic carbocycles. The lowest BCUT2D eigenvalue weighted by Gasteiger charge is -2.37. The largest absolute Gasteiger partial charge is 0.327 e. The van der Waals surface area contributed by atoms with E-state index < -0.39 is 0 Å². The van der Waals surface area contributed by atoms with Crippen molar-refractivity contribution in [2.45, 2.75) is 52.1 Å². The van der Waals surface area contributed by atoms with Gasteiger partial charge in [0.05, 0.1) is 6.54 Å². The van der Waals surface area contributed by atoms with Gasteiger partial charge in [-0.25, -0.2) is 0 Å². The van der Waals surface area contributed by atoms with Crippen LogP contribution in [0.15, 0.2) is 18.2 Å². The monoisotopic (exact) mass is 325 g/mol. The number of carbonyl (C=O) groups excluding carboxylic acids is 1. The molecule has 0 saturated carbocycles. The minimum Gasteiger partial charge on any atom is -0.327 e. The molecule has 1 heterocycles. The van der Waals surface area contributed by atoms with Crippen molar-refractivity contribution in [1.82, 2.24) is 4.90 Å². The van der Waals surface area contributed by atoms with Gasteiger partial charge in [0, 0.05) is 17.8 Å². The van der Waals surface area contributed by atoms with Crippen LogP contribution in [0.1, 0.15) is 37.3 Å². The molecule has 5 heteroatoms. The van der Waals surface area contributed by atoms with Crippen LogP contribution in [0.3, 0.4) is 0 Å². The fourth-order valence-corrected chi connectivity index (χ4v) is 3.14. The minimum atomic E-state index is 0. The van der Waals surface area contributed by atoms with E-state index in [0.29, 0.717) is 12.6 Å². The SMILES string of the molecule is Cc1ccc(NC(=O)CN2CCCCC2C(C)N)c(C)c1.Cl. The Hall–Kier alpha value is -1.10. The Bertz CT molecular complexity index is 505. The standard InChI is InChI=1S/C17H27N3O.ClH/c1-12-7-8-15(13(2)10-12)19-17(21)11-20-9-5-4-6-16(20)14(3)18;/h7-8,10,14,16H,4-6,9,11,18H2,1-3H3,(H,19,21);1H. The number of likely N-dealkylation sites (tertiary alicyclic amines) is 1. The molecule has 2 atom stereocenters. The molecule has 1 fully saturated rings. The second-order valence-electron chi connectivity index (χ2n) is 6.26. The van der Waals surface area contributed by atoms with Gasteiger partial charge in [-0.3, -0.25) is 9.69 Å². The summed E-state index contributed by atoms with van der Waals surface area (Å²) in [5, 5.41) is 3.02. The van der Waals surface area contributed by atoms with Crippen LogP contribution >= 0.6 is 12.4 Å². The molecule has 0 aromatic heterocycles. The molecule has 1 aliphatic heterocycles. The van der Waals surface area contributed by atoms with E-state index in [4.69, 9.17) is 5.73 Å². The van der Waals surface area contributed by atoms with Crippen LogP contribution in [0.25, 0.3) is 0 Å². The first-order chi connectivity index (χ1) is 9.97. The van der Waals surface area contributed by atoms with Gasteiger partial charge in [0.2, 0.25) is 5.91 Å². The molecule has 2 unspecified atom stereocenters. The fraction of sp³-hybridized carbons (Fsp3) is 0.588. The summed E-state index contributed by atoms with van der Waals surface area (Å²) < 4.78 is 0. The lowest BCUT2D eigenvalue weighted by atomic mass is 9.97. The van der Waals surface area contributed by atoms with Gasteiger partial charge < -0.3 is 11.1 Å². The van der Waals surface area contributed by atoms with Gasteiger partial charge >= 0.3 is 0 Å². The highest BCUT2D eigenvalue weighted by molar-refractivity contribution is 5.93. The van der Waals surface area contributed by atoms with E-state index in [1.807, 2.05) is 26.0 Å². The van der Waals surface area contributed by atoms with Crippen molar-refractivity contribution in [1.29, 1.82) is 0 Å². The van der Waals surface area contributed by atoms with E-state index in [0.717, 1.165) is 30.6 Å². The number of rotatable bonds is 4. The molecular formula is C17H28ClN3O. The lowest BCUT2D eigenvalue weighted by Crippen LogP contribution is -2.51. The molecule has 1 amide bonds. The van der Waals surface area contributed by atoms with Crippen LogP contribution in [0.4, 0.5) is 5.69 Å². The normalized spacial score (nSPS) is 20.1. The van der Waals surface area contributed by atoms with Crippen LogP contribution in [-0.4, -0.2) is 36.0 Å². The summed E-state index contributed by atoms with van der Waals surface area (Å²) in [5.74, 6) is 0.0505. The Kier molecular flexibility index (Phi) is 7.33. The second kappa shape index (κ2) is 8.51. The maximum absolute atomic E-state index is 12.3. The van der Waals surface area contributed by atoms with Gasteiger partial charge in [-0.2, -0.15) is 0 Å². The number of nitrogens with one attached hydrogen (secondary N) is 1. The Morgan fingerprint density at radius 2 is 2.14 bits per heavy atom. The van der Waals surface area contributed by atoms with E-state index in [9.17, 15) is 4.79 Å². The summed E-state index contributed by atoms with van der Waals surface area (Å²) in [5.41, 5.74) is 9.27. The number of piperidine rings is 1. The van der Waals surface area contributed by atoms with Crippen LogP contribution in [0.2, 0.25) is 0 Å². The minimum absolute atomic E-state index is 0. The highest BCUT2D eigenvalue weighted by Crippen LogP contribution is 2.20. The van der Waals surface area contributed by atoms with Gasteiger partial charge in [0.15, 0.2) is 0 Å². The zero-order chi connectivity index (χ0) is 15.4. The van der Waals surface area contributed by atoms with Crippen molar-refractivity contribution < 1.29 is 4.79 Å². The van der Waals surface area contributed by atoms with Gasteiger partial charge in [-0.05, 0) is 51.8 Å². The third-order valence-electron chi connectivity index (χ3n) is 4.27. The van der Waals surface area contributed by atoms with Crippen molar-refractivity contribution in [2.24, 2.45) is 5.73 Å². The first-order valence-electron chi connectivity index (χ1n) is 7.84. The van der Waals surface area contributed by atoms with Gasteiger partial charge in [0.1, 0.15) is 0 Å². The Labute approximate surface area is 139 Å². The third-order valence-corrected chi connectivity index (χ3v) is 4.27. The average molecular weight is 326 g/mol. The van der Waals surface area contributed by atoms with Gasteiger partial charge in [-0.1, -0.05) is 24.1 Å². The highest BCUT2D eigenvalue weighted by Gasteiger charge is 2.26. The Morgan fingerprint density at radius 3 is 2.77 bits per heavy atom. The number of hydrogen-bond donors (Lipinski definition) is 2. The van der Waals surface area contributed by atoms with Crippen molar-refractivity contribution in [3.8, 4) is 0 Å². The molecule has 0 radical (unpaired) electrons. The molecule has 124 valence electrons. The molecule has 1 aromatic carbocycles. The predicted molar refractivity (Wildman–Crippen MR) is 94.7 cm³/mol. The summed E-state index contributed by atoms with van der Waals surface area (Å²) in [6, 6.07) is 6.51. The number of halogens is 1. The summed E-state index contributed by atoms with van der Waals surface area (Å²) >= 11 is 0. The van der Waals surface area contributed by atoms with E-state index in [1.54, 1.807) is 0 Å². The number of anilines is 1. The Balaban J connectivity index is 0.00000242. The molecule has 1 saturated heterocycles. The molecule has 1 aromatic rings. The van der Waals surface area contributed by atoms with Crippen molar-refractivity contribution in [2.75, 3.05) is 18.4 Å². The Morgan fingerprint density at radius 1 is 1.41 bits per heavy atom. The molecule has 3 N–H and O–H groups in total. The number of amides is 1. The average Bonchev–Trinajstić information content (AvgIpc) is 2.42. The summed E-state index contributed by atoms with van der Waals surface area (Å²) in [4.78, 5) is 14.5. The van der Waals surface area contributed by atoms with E-state index >= 15 is 0 Å². The quantitative estimate of drug-likeness (QED) is 0.895. The molecule has 0 bridgehead atoms. The van der Waals surface area contributed by atoms with Gasteiger partial charge in [-0.15, -0.1) is 12.4 Å². The van der Waals surface area contributed by atoms with E-state index in [2.05, 4.69) is 23.2 Å². The fourth-order valence-electron chi connectivity index (χ4n) is 3.14. The highest BCUT2D eigenvalue weighted by atomic mass is 35.5. The zero-order valence-corrected chi connectivity index (χ0v) is 14.6. The van der Waals surface area contributed by atoms with Crippen LogP contribution < -0.4 is 11.1 Å².